The number of benzene rings is 1. The summed E-state index contributed by atoms with van der Waals surface area (Å²) in [6, 6.07) is 5.98. The van der Waals surface area contributed by atoms with Gasteiger partial charge < -0.3 is 9.47 Å². The Morgan fingerprint density at radius 2 is 1.88 bits per heavy atom. The van der Waals surface area contributed by atoms with Crippen LogP contribution in [0.1, 0.15) is 18.4 Å². The number of likely N-dealkylation sites (tertiary alicyclic amines) is 1. The zero-order valence-corrected chi connectivity index (χ0v) is 10.0. The van der Waals surface area contributed by atoms with Crippen molar-refractivity contribution in [3.63, 3.8) is 0 Å². The van der Waals surface area contributed by atoms with Crippen LogP contribution in [0.5, 0.6) is 11.5 Å². The van der Waals surface area contributed by atoms with Crippen molar-refractivity contribution in [2.24, 2.45) is 0 Å². The molecule has 0 N–H and O–H groups in total. The maximum Gasteiger partial charge on any atom is 0.123 e. The molecule has 0 amide bonds. The molecule has 0 radical (unpaired) electrons. The van der Waals surface area contributed by atoms with Crippen molar-refractivity contribution < 1.29 is 9.47 Å². The van der Waals surface area contributed by atoms with E-state index in [1.54, 1.807) is 14.2 Å². The van der Waals surface area contributed by atoms with E-state index in [-0.39, 0.29) is 0 Å². The molecule has 3 heteroatoms. The molecule has 0 unspecified atom stereocenters. The van der Waals surface area contributed by atoms with E-state index >= 15 is 0 Å². The van der Waals surface area contributed by atoms with Gasteiger partial charge in [0.05, 0.1) is 14.2 Å². The maximum absolute atomic E-state index is 5.37. The number of methoxy groups -OCH3 is 2. The average Bonchev–Trinajstić information content (AvgIpc) is 2.82. The van der Waals surface area contributed by atoms with Gasteiger partial charge in [0, 0.05) is 12.1 Å². The molecular weight excluding hydrogens is 202 g/mol. The first-order valence-corrected chi connectivity index (χ1v) is 5.77. The minimum atomic E-state index is 0.898. The highest BCUT2D eigenvalue weighted by Gasteiger charge is 2.14. The highest BCUT2D eigenvalue weighted by Crippen LogP contribution is 2.26. The lowest BCUT2D eigenvalue weighted by molar-refractivity contribution is 0.319. The second-order valence-electron chi connectivity index (χ2n) is 4.16. The lowest BCUT2D eigenvalue weighted by Gasteiger charge is -2.17. The first kappa shape index (κ1) is 11.3. The van der Waals surface area contributed by atoms with E-state index in [4.69, 9.17) is 9.47 Å². The fourth-order valence-electron chi connectivity index (χ4n) is 2.19. The molecule has 0 saturated carbocycles. The van der Waals surface area contributed by atoms with Gasteiger partial charge in [-0.05, 0) is 44.1 Å². The summed E-state index contributed by atoms with van der Waals surface area (Å²) in [5.41, 5.74) is 1.21. The van der Waals surface area contributed by atoms with E-state index in [0.717, 1.165) is 18.0 Å². The Kier molecular flexibility index (Phi) is 3.67. The van der Waals surface area contributed by atoms with Gasteiger partial charge in [0.1, 0.15) is 11.5 Å². The first-order chi connectivity index (χ1) is 7.83. The molecule has 88 valence electrons. The second kappa shape index (κ2) is 5.21. The fourth-order valence-corrected chi connectivity index (χ4v) is 2.19. The first-order valence-electron chi connectivity index (χ1n) is 5.77. The molecule has 1 aromatic carbocycles. The lowest BCUT2D eigenvalue weighted by atomic mass is 10.2. The Morgan fingerprint density at radius 3 is 2.50 bits per heavy atom. The summed E-state index contributed by atoms with van der Waals surface area (Å²) in [6.07, 6.45) is 2.62. The molecule has 16 heavy (non-hydrogen) atoms. The van der Waals surface area contributed by atoms with Gasteiger partial charge in [-0.2, -0.15) is 0 Å². The van der Waals surface area contributed by atoms with Crippen LogP contribution >= 0.6 is 0 Å². The van der Waals surface area contributed by atoms with Crippen molar-refractivity contribution in [2.75, 3.05) is 27.3 Å². The third-order valence-corrected chi connectivity index (χ3v) is 3.08. The van der Waals surface area contributed by atoms with Crippen molar-refractivity contribution in [1.82, 2.24) is 4.90 Å². The molecule has 2 rings (SSSR count). The number of hydrogen-bond donors (Lipinski definition) is 0. The van der Waals surface area contributed by atoms with Gasteiger partial charge in [-0.1, -0.05) is 0 Å². The number of nitrogens with zero attached hydrogens (tertiary/aromatic N) is 1. The fraction of sp³-hybridized carbons (Fsp3) is 0.538. The van der Waals surface area contributed by atoms with Crippen LogP contribution in [0.3, 0.4) is 0 Å². The van der Waals surface area contributed by atoms with E-state index in [9.17, 15) is 0 Å². The molecule has 0 aliphatic carbocycles. The Balaban J connectivity index is 2.15. The summed E-state index contributed by atoms with van der Waals surface area (Å²) < 4.78 is 10.6. The average molecular weight is 221 g/mol. The van der Waals surface area contributed by atoms with Crippen LogP contribution in [0.4, 0.5) is 0 Å². The zero-order chi connectivity index (χ0) is 11.4. The largest absolute Gasteiger partial charge is 0.497 e. The van der Waals surface area contributed by atoms with E-state index in [1.807, 2.05) is 12.1 Å². The van der Waals surface area contributed by atoms with Crippen LogP contribution in [0.15, 0.2) is 18.2 Å². The second-order valence-corrected chi connectivity index (χ2v) is 4.16. The Labute approximate surface area is 97.0 Å². The molecule has 1 fully saturated rings. The third kappa shape index (κ3) is 2.47. The normalized spacial score (nSPS) is 16.4. The van der Waals surface area contributed by atoms with Crippen molar-refractivity contribution in [1.29, 1.82) is 0 Å². The van der Waals surface area contributed by atoms with Gasteiger partial charge >= 0.3 is 0 Å². The number of rotatable bonds is 4. The van der Waals surface area contributed by atoms with Crippen molar-refractivity contribution in [2.45, 2.75) is 19.4 Å². The van der Waals surface area contributed by atoms with Crippen molar-refractivity contribution >= 4 is 0 Å². The van der Waals surface area contributed by atoms with Gasteiger partial charge in [0.25, 0.3) is 0 Å². The molecule has 3 nitrogen and oxygen atoms in total. The highest BCUT2D eigenvalue weighted by atomic mass is 16.5. The quantitative estimate of drug-likeness (QED) is 0.778. The molecule has 0 aromatic heterocycles. The SMILES string of the molecule is COc1ccc(OC)c(CN2CCCC2)c1. The summed E-state index contributed by atoms with van der Waals surface area (Å²) >= 11 is 0. The smallest absolute Gasteiger partial charge is 0.123 e. The lowest BCUT2D eigenvalue weighted by Crippen LogP contribution is -2.18. The summed E-state index contributed by atoms with van der Waals surface area (Å²) in [7, 11) is 3.41. The van der Waals surface area contributed by atoms with E-state index < -0.39 is 0 Å². The van der Waals surface area contributed by atoms with Crippen molar-refractivity contribution in [3.05, 3.63) is 23.8 Å². The summed E-state index contributed by atoms with van der Waals surface area (Å²) in [6.45, 7) is 3.35. The molecule has 1 saturated heterocycles. The van der Waals surface area contributed by atoms with Crippen LogP contribution < -0.4 is 9.47 Å². The van der Waals surface area contributed by atoms with Gasteiger partial charge in [-0.25, -0.2) is 0 Å². The minimum absolute atomic E-state index is 0.898. The van der Waals surface area contributed by atoms with Crippen LogP contribution in [-0.4, -0.2) is 32.2 Å². The highest BCUT2D eigenvalue weighted by molar-refractivity contribution is 5.40. The zero-order valence-electron chi connectivity index (χ0n) is 10.0. The molecule has 1 aromatic rings. The predicted octanol–water partition coefficient (Wildman–Crippen LogP) is 2.30. The van der Waals surface area contributed by atoms with Crippen molar-refractivity contribution in [3.8, 4) is 11.5 Å². The van der Waals surface area contributed by atoms with Gasteiger partial charge in [0.15, 0.2) is 0 Å². The molecular formula is C13H19NO2. The maximum atomic E-state index is 5.37. The number of hydrogen-bond acceptors (Lipinski definition) is 3. The monoisotopic (exact) mass is 221 g/mol. The molecule has 0 spiro atoms. The number of ether oxygens (including phenoxy) is 2. The molecule has 1 heterocycles. The van der Waals surface area contributed by atoms with Crippen LogP contribution in [-0.2, 0) is 6.54 Å². The van der Waals surface area contributed by atoms with Gasteiger partial charge in [-0.15, -0.1) is 0 Å². The standard InChI is InChI=1S/C13H19NO2/c1-15-12-5-6-13(16-2)11(9-12)10-14-7-3-4-8-14/h5-6,9H,3-4,7-8,10H2,1-2H3. The summed E-state index contributed by atoms with van der Waals surface area (Å²) in [4.78, 5) is 2.46. The molecule has 1 aliphatic rings. The van der Waals surface area contributed by atoms with E-state index in [2.05, 4.69) is 11.0 Å². The van der Waals surface area contributed by atoms with Crippen LogP contribution in [0, 0.1) is 0 Å². The molecule has 0 atom stereocenters. The van der Waals surface area contributed by atoms with E-state index in [1.165, 1.54) is 31.5 Å². The minimum Gasteiger partial charge on any atom is -0.497 e. The molecule has 0 bridgehead atoms. The predicted molar refractivity (Wildman–Crippen MR) is 64.1 cm³/mol. The third-order valence-electron chi connectivity index (χ3n) is 3.08. The Hall–Kier alpha value is -1.22. The molecule has 1 aliphatic heterocycles. The summed E-state index contributed by atoms with van der Waals surface area (Å²) in [5.74, 6) is 1.85. The van der Waals surface area contributed by atoms with Crippen LogP contribution in [0.2, 0.25) is 0 Å². The van der Waals surface area contributed by atoms with Gasteiger partial charge in [-0.3, -0.25) is 4.90 Å². The summed E-state index contributed by atoms with van der Waals surface area (Å²) in [5, 5.41) is 0. The Bertz CT molecular complexity index is 346. The topological polar surface area (TPSA) is 21.7 Å². The Morgan fingerprint density at radius 1 is 1.12 bits per heavy atom. The van der Waals surface area contributed by atoms with E-state index in [0.29, 0.717) is 0 Å². The van der Waals surface area contributed by atoms with Crippen LogP contribution in [0.25, 0.3) is 0 Å². The van der Waals surface area contributed by atoms with Gasteiger partial charge in [0.2, 0.25) is 0 Å².